The lowest BCUT2D eigenvalue weighted by Crippen LogP contribution is -2.26. The molecule has 1 saturated heterocycles. The lowest BCUT2D eigenvalue weighted by molar-refractivity contribution is 0.276. The molecule has 31 heavy (non-hydrogen) atoms. The molecular weight excluding hydrogens is 384 g/mol. The van der Waals surface area contributed by atoms with Crippen LogP contribution >= 0.6 is 0 Å². The Hall–Kier alpha value is -2.96. The Kier molecular flexibility index (Phi) is 5.82. The molecule has 0 unspecified atom stereocenters. The monoisotopic (exact) mass is 414 g/mol. The van der Waals surface area contributed by atoms with Gasteiger partial charge in [-0.1, -0.05) is 30.3 Å². The average Bonchev–Trinajstić information content (AvgIpc) is 3.54. The van der Waals surface area contributed by atoms with Gasteiger partial charge in [0.05, 0.1) is 0 Å². The zero-order valence-corrected chi connectivity index (χ0v) is 18.0. The third-order valence-electron chi connectivity index (χ3n) is 6.41. The number of H-pyrrole nitrogens is 1. The molecule has 160 valence electrons. The number of aromatic amines is 1. The fourth-order valence-electron chi connectivity index (χ4n) is 4.86. The van der Waals surface area contributed by atoms with E-state index in [2.05, 4.69) is 87.2 Å². The normalized spacial score (nSPS) is 18.9. The molecule has 1 fully saturated rings. The highest BCUT2D eigenvalue weighted by Crippen LogP contribution is 2.25. The fourth-order valence-corrected chi connectivity index (χ4v) is 4.86. The summed E-state index contributed by atoms with van der Waals surface area (Å²) in [6, 6.07) is 17.8. The molecule has 2 N–H and O–H groups in total. The number of benzene rings is 2. The van der Waals surface area contributed by atoms with E-state index in [1.54, 1.807) is 12.7 Å². The molecule has 6 nitrogen and oxygen atoms in total. The van der Waals surface area contributed by atoms with Gasteiger partial charge < -0.3 is 15.2 Å². The number of aromatic nitrogens is 4. The van der Waals surface area contributed by atoms with Crippen LogP contribution in [0.25, 0.3) is 16.6 Å². The number of nitrogens with one attached hydrogen (secondary N) is 2. The average molecular weight is 415 g/mol. The van der Waals surface area contributed by atoms with Crippen molar-refractivity contribution in [1.29, 1.82) is 0 Å². The first kappa shape index (κ1) is 20.0. The number of hydrogen-bond acceptors (Lipinski definition) is 4. The van der Waals surface area contributed by atoms with Crippen molar-refractivity contribution in [3.05, 3.63) is 78.5 Å². The van der Waals surface area contributed by atoms with Crippen molar-refractivity contribution in [2.75, 3.05) is 20.1 Å². The molecule has 4 aromatic rings. The third-order valence-corrected chi connectivity index (χ3v) is 6.41. The Balaban J connectivity index is 1.16. The van der Waals surface area contributed by atoms with E-state index in [9.17, 15) is 0 Å². The van der Waals surface area contributed by atoms with E-state index in [0.717, 1.165) is 37.7 Å². The standard InChI is InChI=1S/C25H30N6/c1-30(15-19-5-3-2-4-6-19)16-20-11-22(26-13-20)8-7-21-14-27-25-10-9-23(12-24(21)25)31-17-28-29-18-31/h2-6,9-10,12,14,17-18,20,22,26-27H,7-8,11,13,15-16H2,1H3/t20-,22-/m0/s1. The fraction of sp³-hybridized carbons (Fsp3) is 0.360. The second-order valence-corrected chi connectivity index (χ2v) is 8.84. The van der Waals surface area contributed by atoms with Crippen LogP contribution in [0, 0.1) is 5.92 Å². The van der Waals surface area contributed by atoms with Crippen LogP contribution in [0.15, 0.2) is 67.4 Å². The summed E-state index contributed by atoms with van der Waals surface area (Å²) in [6.45, 7) is 3.29. The molecule has 2 aromatic heterocycles. The Morgan fingerprint density at radius 3 is 2.77 bits per heavy atom. The van der Waals surface area contributed by atoms with Crippen LogP contribution in [0.4, 0.5) is 0 Å². The van der Waals surface area contributed by atoms with E-state index in [4.69, 9.17) is 0 Å². The van der Waals surface area contributed by atoms with Gasteiger partial charge in [-0.05, 0) is 68.1 Å². The highest BCUT2D eigenvalue weighted by Gasteiger charge is 2.25. The Morgan fingerprint density at radius 1 is 1.10 bits per heavy atom. The molecule has 0 bridgehead atoms. The highest BCUT2D eigenvalue weighted by atomic mass is 15.2. The number of fused-ring (bicyclic) bond motifs is 1. The minimum absolute atomic E-state index is 0.598. The molecule has 0 spiro atoms. The van der Waals surface area contributed by atoms with Crippen LogP contribution in [0.2, 0.25) is 0 Å². The molecule has 1 aliphatic rings. The Morgan fingerprint density at radius 2 is 1.94 bits per heavy atom. The van der Waals surface area contributed by atoms with Crippen LogP contribution in [0.5, 0.6) is 0 Å². The van der Waals surface area contributed by atoms with Crippen molar-refractivity contribution in [3.8, 4) is 5.69 Å². The van der Waals surface area contributed by atoms with Crippen LogP contribution in [0.3, 0.4) is 0 Å². The second kappa shape index (κ2) is 9.04. The second-order valence-electron chi connectivity index (χ2n) is 8.84. The lowest BCUT2D eigenvalue weighted by atomic mass is 9.99. The molecule has 0 radical (unpaired) electrons. The summed E-state index contributed by atoms with van der Waals surface area (Å²) in [6.07, 6.45) is 9.16. The van der Waals surface area contributed by atoms with Crippen LogP contribution in [-0.2, 0) is 13.0 Å². The van der Waals surface area contributed by atoms with E-state index in [1.807, 2.05) is 4.57 Å². The van der Waals surface area contributed by atoms with E-state index < -0.39 is 0 Å². The van der Waals surface area contributed by atoms with E-state index in [-0.39, 0.29) is 0 Å². The Bertz CT molecular complexity index is 1100. The topological polar surface area (TPSA) is 61.8 Å². The van der Waals surface area contributed by atoms with Crippen molar-refractivity contribution in [2.24, 2.45) is 5.92 Å². The maximum Gasteiger partial charge on any atom is 0.123 e. The minimum atomic E-state index is 0.598. The largest absolute Gasteiger partial charge is 0.361 e. The first-order valence-corrected chi connectivity index (χ1v) is 11.2. The first-order chi connectivity index (χ1) is 15.2. The molecule has 6 heteroatoms. The minimum Gasteiger partial charge on any atom is -0.361 e. The summed E-state index contributed by atoms with van der Waals surface area (Å²) in [5.41, 5.74) is 5.06. The number of aryl methyl sites for hydroxylation is 1. The predicted octanol–water partition coefficient (Wildman–Crippen LogP) is 3.79. The Labute approximate surface area is 183 Å². The summed E-state index contributed by atoms with van der Waals surface area (Å²) in [5.74, 6) is 0.724. The van der Waals surface area contributed by atoms with Crippen molar-refractivity contribution < 1.29 is 0 Å². The number of hydrogen-bond donors (Lipinski definition) is 2. The van der Waals surface area contributed by atoms with Gasteiger partial charge in [-0.25, -0.2) is 0 Å². The summed E-state index contributed by atoms with van der Waals surface area (Å²) in [4.78, 5) is 5.88. The lowest BCUT2D eigenvalue weighted by Gasteiger charge is -2.20. The van der Waals surface area contributed by atoms with Gasteiger partial charge in [-0.2, -0.15) is 0 Å². The van der Waals surface area contributed by atoms with Crippen molar-refractivity contribution in [1.82, 2.24) is 30.0 Å². The van der Waals surface area contributed by atoms with Gasteiger partial charge in [0.1, 0.15) is 12.7 Å². The van der Waals surface area contributed by atoms with Crippen LogP contribution in [-0.4, -0.2) is 50.8 Å². The molecule has 2 atom stereocenters. The molecule has 2 aromatic carbocycles. The third kappa shape index (κ3) is 4.70. The van der Waals surface area contributed by atoms with Crippen molar-refractivity contribution >= 4 is 10.9 Å². The zero-order valence-electron chi connectivity index (χ0n) is 18.0. The molecule has 0 saturated carbocycles. The van der Waals surface area contributed by atoms with Gasteiger partial charge in [-0.3, -0.25) is 4.57 Å². The molecule has 0 aliphatic carbocycles. The quantitative estimate of drug-likeness (QED) is 0.461. The SMILES string of the molecule is CN(Cc1ccccc1)C[C@@H]1CN[C@@H](CCc2c[nH]c3ccc(-n4cnnc4)cc23)C1. The highest BCUT2D eigenvalue weighted by molar-refractivity contribution is 5.85. The molecule has 5 rings (SSSR count). The molecule has 0 amide bonds. The maximum absolute atomic E-state index is 3.92. The van der Waals surface area contributed by atoms with Gasteiger partial charge in [0.2, 0.25) is 0 Å². The summed E-state index contributed by atoms with van der Waals surface area (Å²) in [5, 5.41) is 12.9. The molecular formula is C25H30N6. The summed E-state index contributed by atoms with van der Waals surface area (Å²) < 4.78 is 1.95. The van der Waals surface area contributed by atoms with Gasteiger partial charge in [0.25, 0.3) is 0 Å². The van der Waals surface area contributed by atoms with E-state index in [0.29, 0.717) is 6.04 Å². The first-order valence-electron chi connectivity index (χ1n) is 11.2. The van der Waals surface area contributed by atoms with Gasteiger partial charge in [0.15, 0.2) is 0 Å². The molecule has 3 heterocycles. The molecule has 1 aliphatic heterocycles. The smallest absolute Gasteiger partial charge is 0.123 e. The van der Waals surface area contributed by atoms with Crippen molar-refractivity contribution in [3.63, 3.8) is 0 Å². The number of nitrogens with zero attached hydrogens (tertiary/aromatic N) is 4. The van der Waals surface area contributed by atoms with Gasteiger partial charge >= 0.3 is 0 Å². The number of rotatable bonds is 8. The van der Waals surface area contributed by atoms with E-state index >= 15 is 0 Å². The van der Waals surface area contributed by atoms with Gasteiger partial charge in [0, 0.05) is 41.9 Å². The zero-order chi connectivity index (χ0) is 21.0. The van der Waals surface area contributed by atoms with Crippen LogP contribution < -0.4 is 5.32 Å². The summed E-state index contributed by atoms with van der Waals surface area (Å²) in [7, 11) is 2.24. The van der Waals surface area contributed by atoms with Crippen molar-refractivity contribution in [2.45, 2.75) is 31.8 Å². The predicted molar refractivity (Wildman–Crippen MR) is 124 cm³/mol. The van der Waals surface area contributed by atoms with Crippen LogP contribution in [0.1, 0.15) is 24.0 Å². The van der Waals surface area contributed by atoms with E-state index in [1.165, 1.54) is 34.9 Å². The maximum atomic E-state index is 3.92. The summed E-state index contributed by atoms with van der Waals surface area (Å²) >= 11 is 0. The van der Waals surface area contributed by atoms with Gasteiger partial charge in [-0.15, -0.1) is 10.2 Å².